The Labute approximate surface area is 169 Å². The number of hydrogen-bond acceptors (Lipinski definition) is 5. The first-order chi connectivity index (χ1) is 13.1. The molecule has 0 aliphatic carbocycles. The predicted molar refractivity (Wildman–Crippen MR) is 116 cm³/mol. The van der Waals surface area contributed by atoms with Crippen LogP contribution in [0.15, 0.2) is 73.9 Å². The van der Waals surface area contributed by atoms with Crippen molar-refractivity contribution in [3.8, 4) is 11.1 Å². The summed E-state index contributed by atoms with van der Waals surface area (Å²) in [6.07, 6.45) is 6.80. The van der Waals surface area contributed by atoms with E-state index in [9.17, 15) is 9.59 Å². The van der Waals surface area contributed by atoms with Crippen molar-refractivity contribution in [2.24, 2.45) is 0 Å². The second-order valence-electron chi connectivity index (χ2n) is 5.56. The van der Waals surface area contributed by atoms with Crippen molar-refractivity contribution in [1.29, 1.82) is 0 Å². The number of aromatic amines is 2. The minimum atomic E-state index is -0.0365. The second kappa shape index (κ2) is 7.59. The van der Waals surface area contributed by atoms with E-state index in [0.29, 0.717) is 0 Å². The highest BCUT2D eigenvalue weighted by Gasteiger charge is 2.08. The molecule has 0 spiro atoms. The van der Waals surface area contributed by atoms with Gasteiger partial charge in [-0.15, -0.1) is 22.7 Å². The van der Waals surface area contributed by atoms with Crippen LogP contribution in [-0.4, -0.2) is 15.0 Å². The van der Waals surface area contributed by atoms with E-state index in [1.54, 1.807) is 47.5 Å². The van der Waals surface area contributed by atoms with Crippen LogP contribution in [-0.2, 0) is 0 Å². The van der Waals surface area contributed by atoms with Gasteiger partial charge < -0.3 is 9.97 Å². The highest BCUT2D eigenvalue weighted by Crippen LogP contribution is 2.30. The smallest absolute Gasteiger partial charge is 0.257 e. The van der Waals surface area contributed by atoms with Gasteiger partial charge in [-0.2, -0.15) is 0 Å². The first-order valence-electron chi connectivity index (χ1n) is 7.89. The van der Waals surface area contributed by atoms with E-state index in [1.807, 2.05) is 35.0 Å². The fraction of sp³-hybridized carbons (Fsp3) is 0. The molecule has 2 N–H and O–H groups in total. The van der Waals surface area contributed by atoms with Gasteiger partial charge in [0.25, 0.3) is 11.1 Å². The molecule has 0 amide bonds. The minimum absolute atomic E-state index is 0.0318. The van der Waals surface area contributed by atoms with Crippen LogP contribution < -0.4 is 11.1 Å². The standard InChI is InChI=1S/C12H8N2OS.C7H4BrNOS/c15-12-11-9(8-1-4-13-5-2-8)7-16-10(11)3-6-14-12;8-4-3-11-5-1-2-9-7(10)6(4)5/h1-7H,(H,14,15);1-3H,(H,9,10). The summed E-state index contributed by atoms with van der Waals surface area (Å²) < 4.78 is 2.90. The lowest BCUT2D eigenvalue weighted by atomic mass is 10.1. The van der Waals surface area contributed by atoms with Gasteiger partial charge in [-0.1, -0.05) is 0 Å². The molecule has 0 fully saturated rings. The molecule has 5 rings (SSSR count). The number of H-pyrrole nitrogens is 2. The van der Waals surface area contributed by atoms with E-state index in [0.717, 1.165) is 35.8 Å². The highest BCUT2D eigenvalue weighted by atomic mass is 79.9. The number of halogens is 1. The topological polar surface area (TPSA) is 78.6 Å². The minimum Gasteiger partial charge on any atom is -0.328 e. The number of thiophene rings is 2. The number of nitrogens with zero attached hydrogens (tertiary/aromatic N) is 1. The van der Waals surface area contributed by atoms with E-state index in [1.165, 1.54) is 0 Å². The molecule has 0 saturated heterocycles. The van der Waals surface area contributed by atoms with Crippen LogP contribution in [0.25, 0.3) is 31.3 Å². The van der Waals surface area contributed by atoms with Crippen LogP contribution in [0, 0.1) is 0 Å². The molecule has 5 aromatic rings. The van der Waals surface area contributed by atoms with Gasteiger partial charge in [-0.3, -0.25) is 14.6 Å². The van der Waals surface area contributed by atoms with Crippen molar-refractivity contribution in [3.05, 3.63) is 85.0 Å². The van der Waals surface area contributed by atoms with Crippen LogP contribution in [0.3, 0.4) is 0 Å². The van der Waals surface area contributed by atoms with E-state index < -0.39 is 0 Å². The monoisotopic (exact) mass is 457 g/mol. The first-order valence-corrected chi connectivity index (χ1v) is 10.4. The van der Waals surface area contributed by atoms with Gasteiger partial charge in [-0.25, -0.2) is 0 Å². The summed E-state index contributed by atoms with van der Waals surface area (Å²) in [6.45, 7) is 0. The first kappa shape index (κ1) is 17.8. The zero-order valence-corrected chi connectivity index (χ0v) is 17.0. The Morgan fingerprint density at radius 1 is 0.815 bits per heavy atom. The summed E-state index contributed by atoms with van der Waals surface area (Å²) in [5, 5.41) is 5.44. The molecule has 8 heteroatoms. The predicted octanol–water partition coefficient (Wildman–Crippen LogP) is 5.00. The molecule has 0 bridgehead atoms. The quantitative estimate of drug-likeness (QED) is 0.371. The highest BCUT2D eigenvalue weighted by molar-refractivity contribution is 9.10. The molecule has 0 unspecified atom stereocenters. The second-order valence-corrected chi connectivity index (χ2v) is 8.24. The average molecular weight is 458 g/mol. The maximum atomic E-state index is 11.8. The van der Waals surface area contributed by atoms with Crippen molar-refractivity contribution < 1.29 is 0 Å². The van der Waals surface area contributed by atoms with Crippen molar-refractivity contribution in [2.45, 2.75) is 0 Å². The number of hydrogen-bond donors (Lipinski definition) is 2. The average Bonchev–Trinajstić information content (AvgIpc) is 3.29. The molecule has 0 saturated carbocycles. The largest absolute Gasteiger partial charge is 0.328 e. The van der Waals surface area contributed by atoms with Crippen molar-refractivity contribution >= 4 is 58.8 Å². The Balaban J connectivity index is 0.000000143. The molecule has 134 valence electrons. The SMILES string of the molecule is O=c1[nH]ccc2scc(-c3ccncc3)c12.O=c1[nH]ccc2scc(Br)c12. The van der Waals surface area contributed by atoms with Gasteiger partial charge in [0.15, 0.2) is 0 Å². The summed E-state index contributed by atoms with van der Waals surface area (Å²) in [4.78, 5) is 32.3. The maximum absolute atomic E-state index is 11.8. The molecule has 5 nitrogen and oxygen atoms in total. The molecule has 0 aliphatic rings. The number of nitrogens with one attached hydrogen (secondary N) is 2. The molecular formula is C19H12BrN3O2S2. The van der Waals surface area contributed by atoms with E-state index in [4.69, 9.17) is 0 Å². The van der Waals surface area contributed by atoms with Gasteiger partial charge >= 0.3 is 0 Å². The zero-order chi connectivity index (χ0) is 18.8. The number of aromatic nitrogens is 3. The Morgan fingerprint density at radius 2 is 1.41 bits per heavy atom. The number of fused-ring (bicyclic) bond motifs is 2. The summed E-state index contributed by atoms with van der Waals surface area (Å²) >= 11 is 6.45. The molecule has 0 aromatic carbocycles. The van der Waals surface area contributed by atoms with Crippen LogP contribution >= 0.6 is 38.6 Å². The van der Waals surface area contributed by atoms with Crippen LogP contribution in [0.2, 0.25) is 0 Å². The van der Waals surface area contributed by atoms with Gasteiger partial charge in [0.2, 0.25) is 0 Å². The molecule has 27 heavy (non-hydrogen) atoms. The summed E-state index contributed by atoms with van der Waals surface area (Å²) in [5.74, 6) is 0. The third kappa shape index (κ3) is 3.51. The normalized spacial score (nSPS) is 10.7. The molecule has 0 radical (unpaired) electrons. The maximum Gasteiger partial charge on any atom is 0.257 e. The number of pyridine rings is 3. The molecule has 5 aromatic heterocycles. The van der Waals surface area contributed by atoms with Crippen molar-refractivity contribution in [1.82, 2.24) is 15.0 Å². The third-order valence-corrected chi connectivity index (χ3v) is 6.76. The van der Waals surface area contributed by atoms with Crippen LogP contribution in [0.5, 0.6) is 0 Å². The van der Waals surface area contributed by atoms with Gasteiger partial charge in [-0.05, 0) is 45.8 Å². The summed E-state index contributed by atoms with van der Waals surface area (Å²) in [7, 11) is 0. The summed E-state index contributed by atoms with van der Waals surface area (Å²) in [5.41, 5.74) is 1.93. The lowest BCUT2D eigenvalue weighted by molar-refractivity contribution is 1.28. The Hall–Kier alpha value is -2.55. The lowest BCUT2D eigenvalue weighted by Gasteiger charge is -1.97. The van der Waals surface area contributed by atoms with Gasteiger partial charge in [0, 0.05) is 55.0 Å². The number of rotatable bonds is 1. The van der Waals surface area contributed by atoms with Crippen molar-refractivity contribution in [3.63, 3.8) is 0 Å². The van der Waals surface area contributed by atoms with Crippen LogP contribution in [0.1, 0.15) is 0 Å². The molecule has 5 heterocycles. The van der Waals surface area contributed by atoms with Crippen LogP contribution in [0.4, 0.5) is 0 Å². The molecule has 0 atom stereocenters. The van der Waals surface area contributed by atoms with Gasteiger partial charge in [0.05, 0.1) is 10.8 Å². The lowest BCUT2D eigenvalue weighted by Crippen LogP contribution is -2.03. The molecular weight excluding hydrogens is 446 g/mol. The fourth-order valence-electron chi connectivity index (χ4n) is 2.70. The van der Waals surface area contributed by atoms with Gasteiger partial charge in [0.1, 0.15) is 0 Å². The van der Waals surface area contributed by atoms with E-state index >= 15 is 0 Å². The van der Waals surface area contributed by atoms with E-state index in [2.05, 4.69) is 30.9 Å². The Kier molecular flexibility index (Phi) is 5.02. The van der Waals surface area contributed by atoms with Crippen molar-refractivity contribution in [2.75, 3.05) is 0 Å². The Morgan fingerprint density at radius 3 is 2.07 bits per heavy atom. The zero-order valence-electron chi connectivity index (χ0n) is 13.7. The summed E-state index contributed by atoms with van der Waals surface area (Å²) in [6, 6.07) is 7.64. The molecule has 0 aliphatic heterocycles. The Bertz CT molecular complexity index is 1340. The fourth-order valence-corrected chi connectivity index (χ4v) is 5.28. The third-order valence-electron chi connectivity index (χ3n) is 3.94. The van der Waals surface area contributed by atoms with E-state index in [-0.39, 0.29) is 11.1 Å².